The fourth-order valence-corrected chi connectivity index (χ4v) is 0.708. The summed E-state index contributed by atoms with van der Waals surface area (Å²) >= 11 is 0. The second kappa shape index (κ2) is 3.17. The van der Waals surface area contributed by atoms with Crippen molar-refractivity contribution < 1.29 is 18.3 Å². The molecule has 7 heteroatoms. The van der Waals surface area contributed by atoms with Crippen molar-refractivity contribution in [2.24, 2.45) is 0 Å². The molecule has 3 N–H and O–H groups in total. The summed E-state index contributed by atoms with van der Waals surface area (Å²) in [6, 6.07) is 0.953. The Morgan fingerprint density at radius 2 is 2.08 bits per heavy atom. The Balaban J connectivity index is 2.96. The summed E-state index contributed by atoms with van der Waals surface area (Å²) in [6.45, 7) is 0. The molecule has 1 aromatic rings. The Labute approximate surface area is 71.2 Å². The Hall–Kier alpha value is -1.37. The number of anilines is 1. The Kier molecular flexibility index (Phi) is 2.37. The van der Waals surface area contributed by atoms with Crippen LogP contribution in [0.1, 0.15) is 11.8 Å². The minimum atomic E-state index is -4.74. The van der Waals surface area contributed by atoms with Crippen molar-refractivity contribution in [2.75, 3.05) is 5.73 Å². The zero-order valence-electron chi connectivity index (χ0n) is 6.28. The van der Waals surface area contributed by atoms with Crippen molar-refractivity contribution in [3.05, 3.63) is 18.0 Å². The van der Waals surface area contributed by atoms with Crippen LogP contribution in [0.2, 0.25) is 0 Å². The highest BCUT2D eigenvalue weighted by Gasteiger charge is 2.40. The number of rotatable bonds is 1. The number of aliphatic hydroxyl groups excluding tert-OH is 1. The zero-order chi connectivity index (χ0) is 10.1. The molecule has 0 radical (unpaired) electrons. The highest BCUT2D eigenvalue weighted by molar-refractivity contribution is 5.19. The second-order valence-electron chi connectivity index (χ2n) is 2.28. The summed E-state index contributed by atoms with van der Waals surface area (Å²) in [5.74, 6) is -0.305. The van der Waals surface area contributed by atoms with E-state index in [-0.39, 0.29) is 5.95 Å². The van der Waals surface area contributed by atoms with Crippen molar-refractivity contribution in [1.82, 2.24) is 9.97 Å². The van der Waals surface area contributed by atoms with E-state index in [2.05, 4.69) is 9.97 Å². The molecule has 0 aliphatic rings. The van der Waals surface area contributed by atoms with E-state index >= 15 is 0 Å². The molecule has 13 heavy (non-hydrogen) atoms. The van der Waals surface area contributed by atoms with Crippen molar-refractivity contribution in [1.29, 1.82) is 0 Å². The first kappa shape index (κ1) is 9.72. The van der Waals surface area contributed by atoms with Crippen LogP contribution in [0.5, 0.6) is 0 Å². The molecule has 1 heterocycles. The van der Waals surface area contributed by atoms with Crippen molar-refractivity contribution in [2.45, 2.75) is 12.3 Å². The van der Waals surface area contributed by atoms with Gasteiger partial charge >= 0.3 is 6.18 Å². The summed E-state index contributed by atoms with van der Waals surface area (Å²) in [5, 5.41) is 8.71. The molecule has 0 spiro atoms. The number of hydrogen-bond donors (Lipinski definition) is 2. The molecule has 0 aromatic carbocycles. The average Bonchev–Trinajstić information content (AvgIpc) is 2.01. The predicted octanol–water partition coefficient (Wildman–Crippen LogP) is 0.654. The molecular formula is C6H6F3N3O. The van der Waals surface area contributed by atoms with Gasteiger partial charge in [0.2, 0.25) is 5.95 Å². The fourth-order valence-electron chi connectivity index (χ4n) is 0.708. The predicted molar refractivity (Wildman–Crippen MR) is 37.5 cm³/mol. The first-order valence-electron chi connectivity index (χ1n) is 3.24. The van der Waals surface area contributed by atoms with Crippen LogP contribution in [-0.4, -0.2) is 21.3 Å². The van der Waals surface area contributed by atoms with E-state index in [1.54, 1.807) is 0 Å². The van der Waals surface area contributed by atoms with Crippen LogP contribution in [0.25, 0.3) is 0 Å². The third kappa shape index (κ3) is 2.28. The van der Waals surface area contributed by atoms with Crippen LogP contribution in [0.3, 0.4) is 0 Å². The molecule has 0 bridgehead atoms. The van der Waals surface area contributed by atoms with Crippen LogP contribution < -0.4 is 5.73 Å². The van der Waals surface area contributed by atoms with Gasteiger partial charge in [-0.05, 0) is 6.07 Å². The highest BCUT2D eigenvalue weighted by atomic mass is 19.4. The molecule has 0 fully saturated rings. The third-order valence-corrected chi connectivity index (χ3v) is 1.29. The number of halogens is 3. The fraction of sp³-hybridized carbons (Fsp3) is 0.333. The zero-order valence-corrected chi connectivity index (χ0v) is 6.28. The maximum atomic E-state index is 11.9. The maximum Gasteiger partial charge on any atom is 0.420 e. The van der Waals surface area contributed by atoms with Gasteiger partial charge < -0.3 is 10.8 Å². The van der Waals surface area contributed by atoms with Gasteiger partial charge in [0.25, 0.3) is 0 Å². The van der Waals surface area contributed by atoms with Gasteiger partial charge in [0, 0.05) is 6.20 Å². The molecule has 1 rings (SSSR count). The number of hydrogen-bond acceptors (Lipinski definition) is 4. The van der Waals surface area contributed by atoms with E-state index in [0.29, 0.717) is 0 Å². The van der Waals surface area contributed by atoms with Crippen molar-refractivity contribution in [3.63, 3.8) is 0 Å². The second-order valence-corrected chi connectivity index (χ2v) is 2.28. The molecule has 4 nitrogen and oxygen atoms in total. The standard InChI is InChI=1S/C6H6F3N3O/c7-6(8,9)4(13)3-1-2-11-5(10)12-3/h1-2,4,13H,(H2,10,11,12). The van der Waals surface area contributed by atoms with Gasteiger partial charge in [-0.2, -0.15) is 13.2 Å². The minimum Gasteiger partial charge on any atom is -0.378 e. The molecule has 0 saturated carbocycles. The quantitative estimate of drug-likeness (QED) is 0.687. The number of aromatic nitrogens is 2. The topological polar surface area (TPSA) is 72.0 Å². The number of alkyl halides is 3. The molecule has 72 valence electrons. The van der Waals surface area contributed by atoms with Gasteiger partial charge in [-0.25, -0.2) is 9.97 Å². The lowest BCUT2D eigenvalue weighted by molar-refractivity contribution is -0.207. The van der Waals surface area contributed by atoms with Crippen LogP contribution in [-0.2, 0) is 0 Å². The van der Waals surface area contributed by atoms with Gasteiger partial charge in [0.1, 0.15) is 0 Å². The smallest absolute Gasteiger partial charge is 0.378 e. The van der Waals surface area contributed by atoms with E-state index in [0.717, 1.165) is 12.3 Å². The lowest BCUT2D eigenvalue weighted by Gasteiger charge is -2.13. The molecule has 1 aromatic heterocycles. The largest absolute Gasteiger partial charge is 0.420 e. The number of nitrogens with two attached hydrogens (primary N) is 1. The van der Waals surface area contributed by atoms with Crippen molar-refractivity contribution in [3.8, 4) is 0 Å². The van der Waals surface area contributed by atoms with Gasteiger partial charge in [-0.3, -0.25) is 0 Å². The lowest BCUT2D eigenvalue weighted by atomic mass is 10.2. The van der Waals surface area contributed by atoms with E-state index in [9.17, 15) is 13.2 Å². The summed E-state index contributed by atoms with van der Waals surface area (Å²) in [4.78, 5) is 6.63. The van der Waals surface area contributed by atoms with Crippen LogP contribution in [0.4, 0.5) is 19.1 Å². The first-order valence-corrected chi connectivity index (χ1v) is 3.24. The summed E-state index contributed by atoms with van der Waals surface area (Å²) in [6.07, 6.45) is -6.30. The normalized spacial score (nSPS) is 14.2. The Morgan fingerprint density at radius 3 is 2.54 bits per heavy atom. The van der Waals surface area contributed by atoms with Gasteiger partial charge in [0.05, 0.1) is 5.69 Å². The SMILES string of the molecule is Nc1nccc(C(O)C(F)(F)F)n1. The number of nitrogen functional groups attached to an aromatic ring is 1. The molecule has 0 amide bonds. The third-order valence-electron chi connectivity index (χ3n) is 1.29. The monoisotopic (exact) mass is 193 g/mol. The summed E-state index contributed by atoms with van der Waals surface area (Å²) < 4.78 is 35.7. The summed E-state index contributed by atoms with van der Waals surface area (Å²) in [5.41, 5.74) is 4.48. The molecule has 0 saturated heterocycles. The lowest BCUT2D eigenvalue weighted by Crippen LogP contribution is -2.21. The van der Waals surface area contributed by atoms with Gasteiger partial charge in [0.15, 0.2) is 6.10 Å². The summed E-state index contributed by atoms with van der Waals surface area (Å²) in [7, 11) is 0. The molecule has 1 atom stereocenters. The minimum absolute atomic E-state index is 0.305. The van der Waals surface area contributed by atoms with Crippen LogP contribution in [0.15, 0.2) is 12.3 Å². The maximum absolute atomic E-state index is 11.9. The highest BCUT2D eigenvalue weighted by Crippen LogP contribution is 2.31. The number of nitrogens with zero attached hydrogens (tertiary/aromatic N) is 2. The van der Waals surface area contributed by atoms with E-state index in [1.807, 2.05) is 0 Å². The molecular weight excluding hydrogens is 187 g/mol. The van der Waals surface area contributed by atoms with Gasteiger partial charge in [-0.1, -0.05) is 0 Å². The van der Waals surface area contributed by atoms with E-state index < -0.39 is 18.0 Å². The number of aliphatic hydroxyl groups is 1. The average molecular weight is 193 g/mol. The van der Waals surface area contributed by atoms with E-state index in [4.69, 9.17) is 10.8 Å². The molecule has 0 aliphatic heterocycles. The first-order chi connectivity index (χ1) is 5.91. The van der Waals surface area contributed by atoms with Gasteiger partial charge in [-0.15, -0.1) is 0 Å². The van der Waals surface area contributed by atoms with Crippen molar-refractivity contribution >= 4 is 5.95 Å². The van der Waals surface area contributed by atoms with E-state index in [1.165, 1.54) is 0 Å². The van der Waals surface area contributed by atoms with Crippen LogP contribution in [0, 0.1) is 0 Å². The molecule has 1 unspecified atom stereocenters. The molecule has 0 aliphatic carbocycles. The Morgan fingerprint density at radius 1 is 1.46 bits per heavy atom. The van der Waals surface area contributed by atoms with Crippen LogP contribution >= 0.6 is 0 Å². The Bertz CT molecular complexity index is 301.